The summed E-state index contributed by atoms with van der Waals surface area (Å²) < 4.78 is 55.2. The molecular weight excluding hydrogens is 456 g/mol. The first kappa shape index (κ1) is 23.0. The van der Waals surface area contributed by atoms with Gasteiger partial charge in [-0.3, -0.25) is 9.13 Å². The van der Waals surface area contributed by atoms with Gasteiger partial charge in [-0.1, -0.05) is 13.3 Å². The van der Waals surface area contributed by atoms with E-state index in [-0.39, 0.29) is 12.3 Å². The summed E-state index contributed by atoms with van der Waals surface area (Å²) in [5.41, 5.74) is 0.524. The minimum absolute atomic E-state index is 0.265. The van der Waals surface area contributed by atoms with Crippen molar-refractivity contribution in [3.63, 3.8) is 0 Å². The van der Waals surface area contributed by atoms with Crippen LogP contribution in [0, 0.1) is 11.6 Å². The van der Waals surface area contributed by atoms with E-state index in [1.165, 1.54) is 15.3 Å². The van der Waals surface area contributed by atoms with Gasteiger partial charge in [0.05, 0.1) is 41.0 Å². The Balaban J connectivity index is 1.98. The highest BCUT2D eigenvalue weighted by Crippen LogP contribution is 2.25. The first-order valence-electron chi connectivity index (χ1n) is 10.1. The molecule has 0 saturated carbocycles. The van der Waals surface area contributed by atoms with E-state index < -0.39 is 44.4 Å². The second kappa shape index (κ2) is 8.61. The number of unbranched alkanes of at least 4 members (excludes halogenated alkanes) is 1. The van der Waals surface area contributed by atoms with Gasteiger partial charge in [-0.2, -0.15) is 0 Å². The second-order valence-corrected chi connectivity index (χ2v) is 9.17. The van der Waals surface area contributed by atoms with E-state index in [4.69, 9.17) is 5.14 Å². The predicted octanol–water partition coefficient (Wildman–Crippen LogP) is 2.01. The van der Waals surface area contributed by atoms with E-state index in [0.717, 1.165) is 6.42 Å². The van der Waals surface area contributed by atoms with Gasteiger partial charge in [-0.15, -0.1) is 0 Å². The lowest BCUT2D eigenvalue weighted by molar-refractivity contribution is 0.277. The van der Waals surface area contributed by atoms with Crippen LogP contribution in [0.4, 0.5) is 8.78 Å². The number of pyridine rings is 2. The number of sulfonamides is 1. The number of imidazole rings is 1. The first-order valence-corrected chi connectivity index (χ1v) is 11.7. The van der Waals surface area contributed by atoms with Crippen molar-refractivity contribution in [3.05, 3.63) is 63.8 Å². The van der Waals surface area contributed by atoms with Crippen molar-refractivity contribution in [2.24, 2.45) is 5.14 Å². The third kappa shape index (κ3) is 4.12. The third-order valence-electron chi connectivity index (χ3n) is 5.42. The number of aliphatic hydroxyl groups excluding tert-OH is 1. The summed E-state index contributed by atoms with van der Waals surface area (Å²) in [6.07, 6.45) is 2.99. The van der Waals surface area contributed by atoms with Gasteiger partial charge in [0, 0.05) is 17.5 Å². The SMILES string of the molecule is CCCCn1c(=O)n(Cc2c(F)cc(S(N)(=O)=O)cc2F)c2c3ccc(CO)nc3ncc21. The summed E-state index contributed by atoms with van der Waals surface area (Å²) in [6, 6.07) is 4.47. The molecule has 3 N–H and O–H groups in total. The summed E-state index contributed by atoms with van der Waals surface area (Å²) in [5, 5.41) is 14.8. The van der Waals surface area contributed by atoms with E-state index in [1.54, 1.807) is 12.1 Å². The number of benzene rings is 1. The Morgan fingerprint density at radius 1 is 1.15 bits per heavy atom. The monoisotopic (exact) mass is 477 g/mol. The summed E-state index contributed by atoms with van der Waals surface area (Å²) >= 11 is 0. The highest BCUT2D eigenvalue weighted by molar-refractivity contribution is 7.89. The van der Waals surface area contributed by atoms with E-state index in [0.29, 0.717) is 47.2 Å². The molecular formula is C21H21F2N5O4S. The molecule has 0 bridgehead atoms. The van der Waals surface area contributed by atoms with Crippen LogP contribution >= 0.6 is 0 Å². The molecule has 12 heteroatoms. The predicted molar refractivity (Wildman–Crippen MR) is 117 cm³/mol. The maximum absolute atomic E-state index is 14.7. The van der Waals surface area contributed by atoms with Crippen molar-refractivity contribution in [2.45, 2.75) is 44.4 Å². The normalized spacial score (nSPS) is 12.2. The average Bonchev–Trinajstić information content (AvgIpc) is 3.04. The number of aryl methyl sites for hydroxylation is 1. The molecule has 0 aliphatic rings. The smallest absolute Gasteiger partial charge is 0.329 e. The Morgan fingerprint density at radius 2 is 1.85 bits per heavy atom. The largest absolute Gasteiger partial charge is 0.390 e. The number of aromatic nitrogens is 4. The number of rotatable bonds is 7. The Morgan fingerprint density at radius 3 is 2.45 bits per heavy atom. The zero-order valence-corrected chi connectivity index (χ0v) is 18.4. The summed E-state index contributed by atoms with van der Waals surface area (Å²) in [5.74, 6) is -2.28. The van der Waals surface area contributed by atoms with Crippen molar-refractivity contribution in [2.75, 3.05) is 0 Å². The van der Waals surface area contributed by atoms with Crippen molar-refractivity contribution < 1.29 is 22.3 Å². The van der Waals surface area contributed by atoms with E-state index >= 15 is 0 Å². The number of fused-ring (bicyclic) bond motifs is 3. The van der Waals surface area contributed by atoms with Gasteiger partial charge in [0.15, 0.2) is 5.65 Å². The summed E-state index contributed by atoms with van der Waals surface area (Å²) in [6.45, 7) is 1.56. The molecule has 0 saturated heterocycles. The van der Waals surface area contributed by atoms with E-state index in [1.807, 2.05) is 6.92 Å². The highest BCUT2D eigenvalue weighted by atomic mass is 32.2. The van der Waals surface area contributed by atoms with E-state index in [9.17, 15) is 27.1 Å². The Kier molecular flexibility index (Phi) is 5.99. The van der Waals surface area contributed by atoms with Crippen LogP contribution in [0.5, 0.6) is 0 Å². The van der Waals surface area contributed by atoms with E-state index in [2.05, 4.69) is 9.97 Å². The van der Waals surface area contributed by atoms with Gasteiger partial charge in [0.25, 0.3) is 0 Å². The molecule has 0 radical (unpaired) electrons. The summed E-state index contributed by atoms with van der Waals surface area (Å²) in [7, 11) is -4.31. The van der Waals surface area contributed by atoms with Crippen molar-refractivity contribution in [3.8, 4) is 0 Å². The van der Waals surface area contributed by atoms with Crippen molar-refractivity contribution in [1.82, 2.24) is 19.1 Å². The lowest BCUT2D eigenvalue weighted by Crippen LogP contribution is -2.25. The fraction of sp³-hybridized carbons (Fsp3) is 0.286. The van der Waals surface area contributed by atoms with Crippen molar-refractivity contribution in [1.29, 1.82) is 0 Å². The van der Waals surface area contributed by atoms with Crippen LogP contribution in [0.15, 0.2) is 40.2 Å². The molecule has 0 amide bonds. The zero-order valence-electron chi connectivity index (χ0n) is 17.6. The Labute approximate surface area is 187 Å². The molecule has 33 heavy (non-hydrogen) atoms. The van der Waals surface area contributed by atoms with Gasteiger partial charge in [-0.25, -0.2) is 37.1 Å². The van der Waals surface area contributed by atoms with Crippen LogP contribution in [-0.4, -0.2) is 32.6 Å². The standard InChI is InChI=1S/C21H21F2N5O4S/c1-2-3-6-27-18-9-25-20-14(5-4-12(11-29)26-20)19(18)28(21(27)30)10-15-16(22)7-13(8-17(15)23)33(24,31)32/h4-5,7-9,29H,2-3,6,10-11H2,1H3,(H2,24,31,32). The number of primary sulfonamides is 1. The third-order valence-corrected chi connectivity index (χ3v) is 6.31. The van der Waals surface area contributed by atoms with Crippen molar-refractivity contribution >= 4 is 32.1 Å². The van der Waals surface area contributed by atoms with Crippen LogP contribution in [0.25, 0.3) is 22.1 Å². The number of hydrogen-bond acceptors (Lipinski definition) is 6. The Bertz CT molecular complexity index is 1520. The van der Waals surface area contributed by atoms with Crippen LogP contribution in [0.2, 0.25) is 0 Å². The number of halogens is 2. The van der Waals surface area contributed by atoms with Crippen LogP contribution in [-0.2, 0) is 29.7 Å². The molecule has 0 atom stereocenters. The molecule has 174 valence electrons. The zero-order chi connectivity index (χ0) is 23.9. The average molecular weight is 477 g/mol. The number of nitrogens with two attached hydrogens (primary N) is 1. The van der Waals surface area contributed by atoms with Gasteiger partial charge in [0.1, 0.15) is 11.6 Å². The van der Waals surface area contributed by atoms with Crippen LogP contribution < -0.4 is 10.8 Å². The van der Waals surface area contributed by atoms with Crippen LogP contribution in [0.3, 0.4) is 0 Å². The molecule has 0 aliphatic heterocycles. The highest BCUT2D eigenvalue weighted by Gasteiger charge is 2.22. The molecule has 0 aliphatic carbocycles. The number of aliphatic hydroxyl groups is 1. The quantitative estimate of drug-likeness (QED) is 0.418. The summed E-state index contributed by atoms with van der Waals surface area (Å²) in [4.78, 5) is 21.1. The fourth-order valence-corrected chi connectivity index (χ4v) is 4.27. The molecule has 0 fully saturated rings. The minimum Gasteiger partial charge on any atom is -0.390 e. The Hall–Kier alpha value is -3.22. The number of hydrogen-bond donors (Lipinski definition) is 2. The number of nitrogens with zero attached hydrogens (tertiary/aromatic N) is 4. The van der Waals surface area contributed by atoms with Crippen LogP contribution in [0.1, 0.15) is 31.0 Å². The molecule has 4 rings (SSSR count). The van der Waals surface area contributed by atoms with Gasteiger partial charge >= 0.3 is 5.69 Å². The lowest BCUT2D eigenvalue weighted by Gasteiger charge is -2.10. The fourth-order valence-electron chi connectivity index (χ4n) is 3.74. The minimum atomic E-state index is -4.31. The lowest BCUT2D eigenvalue weighted by atomic mass is 10.2. The second-order valence-electron chi connectivity index (χ2n) is 7.61. The molecule has 0 spiro atoms. The maximum atomic E-state index is 14.7. The molecule has 9 nitrogen and oxygen atoms in total. The van der Waals surface area contributed by atoms with Gasteiger partial charge < -0.3 is 5.11 Å². The molecule has 1 aromatic carbocycles. The molecule has 4 aromatic rings. The van der Waals surface area contributed by atoms with Gasteiger partial charge in [-0.05, 0) is 30.7 Å². The molecule has 3 heterocycles. The molecule has 0 unspecified atom stereocenters. The topological polar surface area (TPSA) is 133 Å². The first-order chi connectivity index (χ1) is 15.7. The van der Waals surface area contributed by atoms with Gasteiger partial charge in [0.2, 0.25) is 10.0 Å². The molecule has 3 aromatic heterocycles. The maximum Gasteiger partial charge on any atom is 0.329 e.